The molecule has 1 amide bonds. The van der Waals surface area contributed by atoms with Crippen LogP contribution in [0, 0.1) is 11.3 Å². The Bertz CT molecular complexity index is 760. The summed E-state index contributed by atoms with van der Waals surface area (Å²) < 4.78 is 1.92. The number of carbonyl (C=O) groups is 1. The third kappa shape index (κ3) is 3.23. The lowest BCUT2D eigenvalue weighted by molar-refractivity contribution is -0.129. The zero-order chi connectivity index (χ0) is 17.1. The van der Waals surface area contributed by atoms with Gasteiger partial charge in [0, 0.05) is 38.7 Å². The highest BCUT2D eigenvalue weighted by atomic mass is 16.2. The molecule has 7 heteroatoms. The van der Waals surface area contributed by atoms with Gasteiger partial charge in [0.15, 0.2) is 0 Å². The lowest BCUT2D eigenvalue weighted by Crippen LogP contribution is -2.31. The Labute approximate surface area is 140 Å². The summed E-state index contributed by atoms with van der Waals surface area (Å²) in [5.41, 5.74) is 2.20. The van der Waals surface area contributed by atoms with Crippen LogP contribution in [0.2, 0.25) is 0 Å². The maximum absolute atomic E-state index is 12.1. The minimum Gasteiger partial charge on any atom is -0.379 e. The Morgan fingerprint density at radius 2 is 2.25 bits per heavy atom. The van der Waals surface area contributed by atoms with Crippen molar-refractivity contribution in [2.75, 3.05) is 18.4 Å². The van der Waals surface area contributed by atoms with Crippen LogP contribution < -0.4 is 5.32 Å². The molecule has 124 valence electrons. The van der Waals surface area contributed by atoms with E-state index in [-0.39, 0.29) is 17.9 Å². The van der Waals surface area contributed by atoms with Crippen molar-refractivity contribution in [1.29, 1.82) is 5.26 Å². The Morgan fingerprint density at radius 3 is 2.83 bits per heavy atom. The number of aryl methyl sites for hydroxylation is 1. The van der Waals surface area contributed by atoms with E-state index in [1.54, 1.807) is 18.6 Å². The van der Waals surface area contributed by atoms with Crippen LogP contribution in [0.5, 0.6) is 0 Å². The zero-order valence-corrected chi connectivity index (χ0v) is 13.8. The maximum atomic E-state index is 12.1. The monoisotopic (exact) mass is 324 g/mol. The van der Waals surface area contributed by atoms with E-state index in [0.29, 0.717) is 25.2 Å². The van der Waals surface area contributed by atoms with E-state index in [1.807, 2.05) is 41.8 Å². The Hall–Kier alpha value is -2.88. The molecule has 2 aromatic heterocycles. The van der Waals surface area contributed by atoms with Crippen molar-refractivity contribution in [1.82, 2.24) is 19.4 Å². The summed E-state index contributed by atoms with van der Waals surface area (Å²) in [7, 11) is 1.94. The van der Waals surface area contributed by atoms with Crippen LogP contribution in [0.25, 0.3) is 0 Å². The number of aromatic nitrogens is 3. The smallest absolute Gasteiger partial charge is 0.222 e. The molecule has 0 spiro atoms. The number of carbonyl (C=O) groups excluding carboxylic acids is 1. The van der Waals surface area contributed by atoms with Gasteiger partial charge in [0.1, 0.15) is 11.8 Å². The van der Waals surface area contributed by atoms with E-state index in [1.165, 1.54) is 0 Å². The van der Waals surface area contributed by atoms with Gasteiger partial charge in [-0.1, -0.05) is 6.92 Å². The van der Waals surface area contributed by atoms with Crippen LogP contribution >= 0.6 is 0 Å². The van der Waals surface area contributed by atoms with Gasteiger partial charge in [0.2, 0.25) is 5.91 Å². The second-order valence-electron chi connectivity index (χ2n) is 6.02. The molecule has 1 fully saturated rings. The summed E-state index contributed by atoms with van der Waals surface area (Å²) >= 11 is 0. The molecule has 1 aliphatic heterocycles. The summed E-state index contributed by atoms with van der Waals surface area (Å²) in [6.07, 6.45) is 5.93. The van der Waals surface area contributed by atoms with Crippen molar-refractivity contribution in [3.63, 3.8) is 0 Å². The molecular formula is C17H20N6O. The predicted octanol–water partition coefficient (Wildman–Crippen LogP) is 1.50. The molecule has 0 aromatic carbocycles. The van der Waals surface area contributed by atoms with Gasteiger partial charge in [-0.15, -0.1) is 0 Å². The van der Waals surface area contributed by atoms with Gasteiger partial charge < -0.3 is 14.8 Å². The number of rotatable bonds is 4. The largest absolute Gasteiger partial charge is 0.379 e. The molecule has 1 N–H and O–H groups in total. The van der Waals surface area contributed by atoms with Gasteiger partial charge in [-0.3, -0.25) is 4.79 Å². The van der Waals surface area contributed by atoms with Crippen molar-refractivity contribution in [2.24, 2.45) is 7.05 Å². The number of imidazole rings is 1. The van der Waals surface area contributed by atoms with Crippen LogP contribution in [0.15, 0.2) is 30.9 Å². The average molecular weight is 324 g/mol. The number of anilines is 1. The summed E-state index contributed by atoms with van der Waals surface area (Å²) in [5.74, 6) is 0.274. The molecule has 1 saturated heterocycles. The van der Waals surface area contributed by atoms with Gasteiger partial charge in [0.05, 0.1) is 29.9 Å². The molecule has 1 aliphatic rings. The molecule has 3 rings (SSSR count). The number of nitrogens with one attached hydrogen (secondary N) is 1. The lowest BCUT2D eigenvalue weighted by atomic mass is 10.0. The second kappa shape index (κ2) is 6.71. The first-order valence-corrected chi connectivity index (χ1v) is 7.99. The fraction of sp³-hybridized carbons (Fsp3) is 0.412. The standard InChI is InChI=1S/C17H20N6O/c1-3-17(24)23-8-14(15-9-22(2)11-20-15)16(10-23)21-13-5-4-12(6-18)19-7-13/h4-5,7,9,11,14,16,21H,3,8,10H2,1-2H3/t14-,16+/m0/s1. The number of hydrogen-bond acceptors (Lipinski definition) is 5. The van der Waals surface area contributed by atoms with E-state index in [9.17, 15) is 4.79 Å². The lowest BCUT2D eigenvalue weighted by Gasteiger charge is -2.19. The van der Waals surface area contributed by atoms with Crippen molar-refractivity contribution in [3.05, 3.63) is 42.2 Å². The van der Waals surface area contributed by atoms with Crippen molar-refractivity contribution < 1.29 is 4.79 Å². The van der Waals surface area contributed by atoms with Gasteiger partial charge in [-0.05, 0) is 12.1 Å². The topological polar surface area (TPSA) is 86.8 Å². The van der Waals surface area contributed by atoms with E-state index < -0.39 is 0 Å². The van der Waals surface area contributed by atoms with Gasteiger partial charge >= 0.3 is 0 Å². The van der Waals surface area contributed by atoms with Crippen LogP contribution in [0.3, 0.4) is 0 Å². The Kier molecular flexibility index (Phi) is 4.47. The molecule has 0 aliphatic carbocycles. The highest BCUT2D eigenvalue weighted by Gasteiger charge is 2.36. The second-order valence-corrected chi connectivity index (χ2v) is 6.02. The normalized spacial score (nSPS) is 20.0. The summed E-state index contributed by atoms with van der Waals surface area (Å²) in [4.78, 5) is 22.5. The number of amides is 1. The zero-order valence-electron chi connectivity index (χ0n) is 13.8. The molecule has 24 heavy (non-hydrogen) atoms. The van der Waals surface area contributed by atoms with Crippen molar-refractivity contribution in [3.8, 4) is 6.07 Å². The average Bonchev–Trinajstić information content (AvgIpc) is 3.21. The molecule has 0 unspecified atom stereocenters. The summed E-state index contributed by atoms with van der Waals surface area (Å²) in [5, 5.41) is 12.3. The van der Waals surface area contributed by atoms with Crippen LogP contribution in [-0.4, -0.2) is 44.5 Å². The molecular weight excluding hydrogens is 304 g/mol. The highest BCUT2D eigenvalue weighted by molar-refractivity contribution is 5.76. The number of likely N-dealkylation sites (tertiary alicyclic amines) is 1. The first-order valence-electron chi connectivity index (χ1n) is 7.99. The van der Waals surface area contributed by atoms with Gasteiger partial charge in [-0.2, -0.15) is 5.26 Å². The number of pyridine rings is 1. The van der Waals surface area contributed by atoms with Gasteiger partial charge in [-0.25, -0.2) is 9.97 Å². The fourth-order valence-electron chi connectivity index (χ4n) is 3.06. The number of nitriles is 1. The van der Waals surface area contributed by atoms with Crippen LogP contribution in [-0.2, 0) is 11.8 Å². The first kappa shape index (κ1) is 16.0. The summed E-state index contributed by atoms with van der Waals surface area (Å²) in [6.45, 7) is 3.17. The molecule has 0 bridgehead atoms. The van der Waals surface area contributed by atoms with Crippen LogP contribution in [0.1, 0.15) is 30.7 Å². The van der Waals surface area contributed by atoms with Crippen molar-refractivity contribution in [2.45, 2.75) is 25.3 Å². The Balaban J connectivity index is 1.81. The van der Waals surface area contributed by atoms with E-state index >= 15 is 0 Å². The minimum atomic E-state index is 0.0603. The maximum Gasteiger partial charge on any atom is 0.222 e. The van der Waals surface area contributed by atoms with E-state index in [4.69, 9.17) is 5.26 Å². The SMILES string of the molecule is CCC(=O)N1C[C@@H](Nc2ccc(C#N)nc2)[C@H](c2cn(C)cn2)C1. The van der Waals surface area contributed by atoms with E-state index in [0.717, 1.165) is 11.4 Å². The first-order chi connectivity index (χ1) is 11.6. The summed E-state index contributed by atoms with van der Waals surface area (Å²) in [6, 6.07) is 5.59. The molecule has 3 heterocycles. The molecule has 0 radical (unpaired) electrons. The fourth-order valence-corrected chi connectivity index (χ4v) is 3.06. The third-order valence-corrected chi connectivity index (χ3v) is 4.31. The highest BCUT2D eigenvalue weighted by Crippen LogP contribution is 2.29. The predicted molar refractivity (Wildman–Crippen MR) is 89.2 cm³/mol. The third-order valence-electron chi connectivity index (χ3n) is 4.31. The minimum absolute atomic E-state index is 0.0603. The van der Waals surface area contributed by atoms with E-state index in [2.05, 4.69) is 15.3 Å². The Morgan fingerprint density at radius 1 is 1.42 bits per heavy atom. The molecule has 0 saturated carbocycles. The van der Waals surface area contributed by atoms with Gasteiger partial charge in [0.25, 0.3) is 0 Å². The number of hydrogen-bond donors (Lipinski definition) is 1. The molecule has 2 aromatic rings. The van der Waals surface area contributed by atoms with Crippen molar-refractivity contribution >= 4 is 11.6 Å². The quantitative estimate of drug-likeness (QED) is 0.921. The number of nitrogens with zero attached hydrogens (tertiary/aromatic N) is 5. The molecule has 2 atom stereocenters. The van der Waals surface area contributed by atoms with Crippen LogP contribution in [0.4, 0.5) is 5.69 Å². The molecule has 7 nitrogen and oxygen atoms in total.